The minimum atomic E-state index is -0.394. The average molecular weight is 1810 g/mol. The summed E-state index contributed by atoms with van der Waals surface area (Å²) in [5.41, 5.74) is 22.9. The van der Waals surface area contributed by atoms with Crippen molar-refractivity contribution in [1.29, 1.82) is 0 Å². The zero-order chi connectivity index (χ0) is 70.0. The van der Waals surface area contributed by atoms with Gasteiger partial charge in [-0.2, -0.15) is 0 Å². The number of rotatable bonds is 9. The summed E-state index contributed by atoms with van der Waals surface area (Å²) in [5.74, 6) is 0. The monoisotopic (exact) mass is 1810 g/mol. The van der Waals surface area contributed by atoms with Crippen molar-refractivity contribution in [1.82, 2.24) is 29.9 Å². The third-order valence-electron chi connectivity index (χ3n) is 14.8. The van der Waals surface area contributed by atoms with E-state index in [1.54, 1.807) is 24.7 Å². The number of aryl methyl sites for hydroxylation is 5. The molecule has 0 spiro atoms. The Morgan fingerprint density at radius 2 is 0.622 bits per heavy atom. The van der Waals surface area contributed by atoms with Crippen LogP contribution in [0.3, 0.4) is 0 Å². The topological polar surface area (TPSA) is 77.3 Å². The number of benzene rings is 9. The number of hydrogen-bond acceptors (Lipinski definition) is 6. The van der Waals surface area contributed by atoms with Gasteiger partial charge in [-0.05, 0) is 113 Å². The first-order chi connectivity index (χ1) is 48.8. The van der Waals surface area contributed by atoms with Gasteiger partial charge in [-0.15, -0.1) is 215 Å². The molecule has 9 heteroatoms. The van der Waals surface area contributed by atoms with Crippen LogP contribution in [0, 0.1) is 71.0 Å². The van der Waals surface area contributed by atoms with Gasteiger partial charge in [0.1, 0.15) is 0 Å². The molecular weight excluding hydrogens is 1730 g/mol. The minimum absolute atomic E-state index is 0. The Balaban J connectivity index is 0.000000175. The van der Waals surface area contributed by atoms with Gasteiger partial charge in [0.2, 0.25) is 0 Å². The fraction of sp³-hybridized carbons (Fsp3) is 0.0562. The second kappa shape index (κ2) is 40.4. The normalized spacial score (nSPS) is 10.6. The van der Waals surface area contributed by atoms with E-state index in [9.17, 15) is 0 Å². The van der Waals surface area contributed by atoms with Crippen LogP contribution in [0.5, 0.6) is 0 Å². The molecule has 0 aliphatic rings. The molecular formula is C89H70Ir3N6-6. The molecule has 0 saturated carbocycles. The molecule has 0 aliphatic heterocycles. The fourth-order valence-corrected chi connectivity index (χ4v) is 9.94. The van der Waals surface area contributed by atoms with Crippen LogP contribution < -0.4 is 0 Å². The van der Waals surface area contributed by atoms with Gasteiger partial charge < -0.3 is 29.9 Å². The van der Waals surface area contributed by atoms with Gasteiger partial charge in [-0.3, -0.25) is 0 Å². The predicted molar refractivity (Wildman–Crippen MR) is 391 cm³/mol. The van der Waals surface area contributed by atoms with Crippen molar-refractivity contribution in [2.75, 3.05) is 0 Å². The Hall–Kier alpha value is -10.2. The fourth-order valence-electron chi connectivity index (χ4n) is 9.94. The Morgan fingerprint density at radius 1 is 0.265 bits per heavy atom. The molecule has 15 rings (SSSR count). The molecule has 9 aromatic carbocycles. The van der Waals surface area contributed by atoms with Gasteiger partial charge in [0.05, 0.1) is 6.85 Å². The first-order valence-electron chi connectivity index (χ1n) is 33.5. The van der Waals surface area contributed by atoms with Gasteiger partial charge >= 0.3 is 0 Å². The summed E-state index contributed by atoms with van der Waals surface area (Å²) in [6, 6.07) is 105. The molecule has 0 atom stereocenters. The molecule has 0 amide bonds. The van der Waals surface area contributed by atoms with Crippen LogP contribution in [-0.2, 0) is 60.3 Å². The number of pyridine rings is 6. The summed E-state index contributed by atoms with van der Waals surface area (Å²) in [6.45, 7) is 10.2. The van der Waals surface area contributed by atoms with Crippen molar-refractivity contribution in [2.24, 2.45) is 0 Å². The molecule has 0 saturated heterocycles. The molecule has 98 heavy (non-hydrogen) atoms. The molecule has 489 valence electrons. The number of nitrogens with zero attached hydrogens (tertiary/aromatic N) is 6. The van der Waals surface area contributed by atoms with E-state index in [2.05, 4.69) is 143 Å². The largest absolute Gasteiger partial charge is 0.305 e. The SMILES string of the molecule is Cc1cc(-c2[c-]cccc2)ncc1-c1ccccc1.Cc1cc(-c2[c-]cccc2)ncc1-c1ccccc1.Cc1ccc[c-]c1-c1ccccn1.Cc1cccnc1-c1[c-]cccc1.[2H]c1c([2H])c([2H])c(-c2cnc(-c3[c-]cccc3)cc2C)c([2H])c1[2H].[Ir].[Ir].[Ir].[c-]1ccccc1-c1ccccn1. The maximum atomic E-state index is 8.08. The van der Waals surface area contributed by atoms with Crippen molar-refractivity contribution in [3.8, 4) is 101 Å². The first kappa shape index (κ1) is 67.8. The Kier molecular flexibility index (Phi) is 27.9. The standard InChI is InChI=1S/3C18H14N.2C12H10N.C11H8N.3Ir/c3*1-14-12-18(16-10-6-3-7-11-16)19-13-17(14)15-8-4-2-5-9-15;1-10-6-2-3-7-11(10)12-8-4-5-9-13-12;1-10-6-5-9-13-12(10)11-7-3-2-4-8-11;1-2-6-10(7-3-1)11-8-4-5-9-12-11;;;/h3*2-10,12-13H,1H3;2-6,8-9H,1H3;2-7,9H,1H3;1-6,8-9H;;;/q6*-1;;;/i2D,4D,5D,8D,9D;;;;;;;;. The zero-order valence-electron chi connectivity index (χ0n) is 59.6. The maximum Gasteiger partial charge on any atom is 0.0629 e. The van der Waals surface area contributed by atoms with Crippen molar-refractivity contribution < 1.29 is 67.2 Å². The van der Waals surface area contributed by atoms with Gasteiger partial charge in [-0.25, -0.2) is 0 Å². The van der Waals surface area contributed by atoms with Crippen molar-refractivity contribution in [2.45, 2.75) is 34.6 Å². The van der Waals surface area contributed by atoms with Crippen LogP contribution in [0.25, 0.3) is 101 Å². The van der Waals surface area contributed by atoms with Crippen LogP contribution in [0.4, 0.5) is 0 Å². The van der Waals surface area contributed by atoms with E-state index in [4.69, 9.17) is 6.85 Å². The van der Waals surface area contributed by atoms with Gasteiger partial charge in [0, 0.05) is 114 Å². The maximum absolute atomic E-state index is 8.08. The molecule has 0 aliphatic carbocycles. The Bertz CT molecular complexity index is 4770. The molecule has 0 N–H and O–H groups in total. The molecule has 6 nitrogen and oxygen atoms in total. The van der Waals surface area contributed by atoms with Gasteiger partial charge in [0.25, 0.3) is 0 Å². The number of hydrogen-bond donors (Lipinski definition) is 0. The summed E-state index contributed by atoms with van der Waals surface area (Å²) in [6.07, 6.45) is 10.8. The smallest absolute Gasteiger partial charge is 0.0629 e. The molecule has 6 aromatic heterocycles. The van der Waals surface area contributed by atoms with Crippen molar-refractivity contribution in [3.05, 3.63) is 399 Å². The predicted octanol–water partition coefficient (Wildman–Crippen LogP) is 21.8. The summed E-state index contributed by atoms with van der Waals surface area (Å²) in [7, 11) is 0. The quantitative estimate of drug-likeness (QED) is 0.134. The van der Waals surface area contributed by atoms with E-state index >= 15 is 0 Å². The van der Waals surface area contributed by atoms with Crippen LogP contribution in [0.2, 0.25) is 0 Å². The number of aromatic nitrogens is 6. The van der Waals surface area contributed by atoms with Crippen molar-refractivity contribution in [3.63, 3.8) is 0 Å². The molecule has 0 fully saturated rings. The molecule has 15 aromatic rings. The van der Waals surface area contributed by atoms with E-state index in [1.807, 2.05) is 238 Å². The summed E-state index contributed by atoms with van der Waals surface area (Å²) in [5, 5.41) is 0. The minimum Gasteiger partial charge on any atom is -0.305 e. The molecule has 6 heterocycles. The third kappa shape index (κ3) is 22.2. The van der Waals surface area contributed by atoms with E-state index in [0.29, 0.717) is 5.56 Å². The van der Waals surface area contributed by atoms with E-state index in [1.165, 1.54) is 44.5 Å². The second-order valence-electron chi connectivity index (χ2n) is 21.6. The van der Waals surface area contributed by atoms with Crippen LogP contribution >= 0.6 is 0 Å². The summed E-state index contributed by atoms with van der Waals surface area (Å²) < 4.78 is 39.4. The average Bonchev–Trinajstić information content (AvgIpc) is 0.772. The van der Waals surface area contributed by atoms with Crippen LogP contribution in [-0.4, -0.2) is 29.9 Å². The second-order valence-corrected chi connectivity index (χ2v) is 21.6. The molecule has 0 unspecified atom stereocenters. The van der Waals surface area contributed by atoms with E-state index < -0.39 is 6.04 Å². The van der Waals surface area contributed by atoms with Crippen molar-refractivity contribution >= 4 is 0 Å². The molecule has 3 radical (unpaired) electrons. The molecule has 0 bridgehead atoms. The van der Waals surface area contributed by atoms with E-state index in [0.717, 1.165) is 73.1 Å². The van der Waals surface area contributed by atoms with Crippen LogP contribution in [0.15, 0.2) is 334 Å². The third-order valence-corrected chi connectivity index (χ3v) is 14.8. The van der Waals surface area contributed by atoms with Gasteiger partial charge in [-0.1, -0.05) is 152 Å². The summed E-state index contributed by atoms with van der Waals surface area (Å²) in [4.78, 5) is 26.3. The van der Waals surface area contributed by atoms with Gasteiger partial charge in [0.15, 0.2) is 0 Å². The zero-order valence-corrected chi connectivity index (χ0v) is 61.7. The Labute approximate surface area is 626 Å². The summed E-state index contributed by atoms with van der Waals surface area (Å²) >= 11 is 0. The first-order valence-corrected chi connectivity index (χ1v) is 31.0. The van der Waals surface area contributed by atoms with Crippen LogP contribution in [0.1, 0.15) is 34.7 Å². The Morgan fingerprint density at radius 3 is 1.00 bits per heavy atom. The van der Waals surface area contributed by atoms with E-state index in [-0.39, 0.29) is 90.0 Å².